The molecular weight excluding hydrogens is 286 g/mol. The van der Waals surface area contributed by atoms with Gasteiger partial charge in [0.15, 0.2) is 0 Å². The van der Waals surface area contributed by atoms with Gasteiger partial charge in [0.25, 0.3) is 0 Å². The number of hydrogen-bond donors (Lipinski definition) is 1. The minimum Gasteiger partial charge on any atom is -0.497 e. The molecule has 22 heavy (non-hydrogen) atoms. The molecule has 0 aromatic heterocycles. The molecule has 0 unspecified atom stereocenters. The molecular formula is C16H21NO5. The summed E-state index contributed by atoms with van der Waals surface area (Å²) in [4.78, 5) is 25.0. The second-order valence-electron chi connectivity index (χ2n) is 4.65. The number of aliphatic hydroxyl groups is 1. The van der Waals surface area contributed by atoms with Crippen molar-refractivity contribution in [1.82, 2.24) is 4.90 Å². The minimum absolute atomic E-state index is 0.159. The number of aliphatic hydroxyl groups excluding tert-OH is 1. The van der Waals surface area contributed by atoms with Gasteiger partial charge >= 0.3 is 5.97 Å². The Morgan fingerprint density at radius 2 is 1.86 bits per heavy atom. The van der Waals surface area contributed by atoms with Gasteiger partial charge in [0, 0.05) is 24.7 Å². The summed E-state index contributed by atoms with van der Waals surface area (Å²) < 4.78 is 9.59. The molecule has 0 saturated heterocycles. The Hall–Kier alpha value is -2.34. The van der Waals surface area contributed by atoms with Crippen molar-refractivity contribution >= 4 is 11.9 Å². The molecule has 0 fully saturated rings. The van der Waals surface area contributed by atoms with Gasteiger partial charge in [0.1, 0.15) is 5.75 Å². The maximum absolute atomic E-state index is 12.3. The fourth-order valence-corrected chi connectivity index (χ4v) is 1.87. The van der Waals surface area contributed by atoms with Crippen molar-refractivity contribution in [2.45, 2.75) is 13.5 Å². The van der Waals surface area contributed by atoms with Gasteiger partial charge in [-0.15, -0.1) is 0 Å². The van der Waals surface area contributed by atoms with Gasteiger partial charge in [-0.2, -0.15) is 0 Å². The van der Waals surface area contributed by atoms with Gasteiger partial charge < -0.3 is 19.5 Å². The molecule has 0 aliphatic heterocycles. The number of rotatable bonds is 7. The van der Waals surface area contributed by atoms with E-state index in [0.717, 1.165) is 17.4 Å². The molecule has 0 saturated carbocycles. The second kappa shape index (κ2) is 8.84. The van der Waals surface area contributed by atoms with Crippen LogP contribution in [0.15, 0.2) is 35.9 Å². The van der Waals surface area contributed by atoms with E-state index in [4.69, 9.17) is 9.84 Å². The van der Waals surface area contributed by atoms with Crippen LogP contribution in [0.4, 0.5) is 0 Å². The molecule has 0 radical (unpaired) electrons. The largest absolute Gasteiger partial charge is 0.497 e. The van der Waals surface area contributed by atoms with E-state index in [1.165, 1.54) is 18.9 Å². The normalized spacial score (nSPS) is 11.0. The van der Waals surface area contributed by atoms with Crippen LogP contribution in [-0.4, -0.2) is 49.3 Å². The molecule has 6 nitrogen and oxygen atoms in total. The Labute approximate surface area is 129 Å². The molecule has 0 aliphatic rings. The summed E-state index contributed by atoms with van der Waals surface area (Å²) >= 11 is 0. The molecule has 0 aliphatic carbocycles. The minimum atomic E-state index is -0.584. The summed E-state index contributed by atoms with van der Waals surface area (Å²) in [5.74, 6) is -0.180. The average molecular weight is 307 g/mol. The first-order valence-corrected chi connectivity index (χ1v) is 6.81. The van der Waals surface area contributed by atoms with E-state index in [9.17, 15) is 9.59 Å². The third-order valence-electron chi connectivity index (χ3n) is 3.06. The van der Waals surface area contributed by atoms with Crippen LogP contribution >= 0.6 is 0 Å². The van der Waals surface area contributed by atoms with Crippen molar-refractivity contribution in [2.75, 3.05) is 27.4 Å². The predicted molar refractivity (Wildman–Crippen MR) is 81.3 cm³/mol. The highest BCUT2D eigenvalue weighted by Gasteiger charge is 2.16. The summed E-state index contributed by atoms with van der Waals surface area (Å²) in [5.41, 5.74) is 1.15. The van der Waals surface area contributed by atoms with E-state index in [1.54, 1.807) is 19.2 Å². The lowest BCUT2D eigenvalue weighted by Gasteiger charge is -2.22. The molecule has 0 bridgehead atoms. The van der Waals surface area contributed by atoms with Gasteiger partial charge in [-0.3, -0.25) is 4.79 Å². The quantitative estimate of drug-likeness (QED) is 0.604. The SMILES string of the molecule is COC(=O)/C=C(/C)C(=O)N(CCO)Cc1ccc(OC)cc1. The number of ether oxygens (including phenoxy) is 2. The highest BCUT2D eigenvalue weighted by molar-refractivity contribution is 5.98. The van der Waals surface area contributed by atoms with Crippen LogP contribution in [0.25, 0.3) is 0 Å². The lowest BCUT2D eigenvalue weighted by molar-refractivity contribution is -0.135. The van der Waals surface area contributed by atoms with Crippen LogP contribution < -0.4 is 4.74 Å². The van der Waals surface area contributed by atoms with Gasteiger partial charge in [-0.25, -0.2) is 4.79 Å². The van der Waals surface area contributed by atoms with Gasteiger partial charge in [0.2, 0.25) is 5.91 Å². The Balaban J connectivity index is 2.85. The molecule has 1 rings (SSSR count). The first-order chi connectivity index (χ1) is 10.5. The monoisotopic (exact) mass is 307 g/mol. The number of hydrogen-bond acceptors (Lipinski definition) is 5. The number of carbonyl (C=O) groups excluding carboxylic acids is 2. The zero-order chi connectivity index (χ0) is 16.5. The van der Waals surface area contributed by atoms with Crippen molar-refractivity contribution in [3.8, 4) is 5.75 Å². The van der Waals surface area contributed by atoms with E-state index in [2.05, 4.69) is 4.74 Å². The van der Waals surface area contributed by atoms with E-state index in [0.29, 0.717) is 6.54 Å². The predicted octanol–water partition coefficient (Wildman–Crippen LogP) is 1.14. The van der Waals surface area contributed by atoms with E-state index < -0.39 is 5.97 Å². The molecule has 1 aromatic carbocycles. The van der Waals surface area contributed by atoms with Crippen LogP contribution in [-0.2, 0) is 20.9 Å². The highest BCUT2D eigenvalue weighted by atomic mass is 16.5. The number of methoxy groups -OCH3 is 2. The molecule has 1 N–H and O–H groups in total. The summed E-state index contributed by atoms with van der Waals surface area (Å²) in [5, 5.41) is 9.13. The first-order valence-electron chi connectivity index (χ1n) is 6.81. The molecule has 0 atom stereocenters. The fourth-order valence-electron chi connectivity index (χ4n) is 1.87. The Morgan fingerprint density at radius 3 is 2.36 bits per heavy atom. The zero-order valence-corrected chi connectivity index (χ0v) is 13.0. The van der Waals surface area contributed by atoms with Crippen molar-refractivity contribution in [1.29, 1.82) is 0 Å². The van der Waals surface area contributed by atoms with Crippen LogP contribution in [0.2, 0.25) is 0 Å². The summed E-state index contributed by atoms with van der Waals surface area (Å²) in [6.07, 6.45) is 1.14. The second-order valence-corrected chi connectivity index (χ2v) is 4.65. The van der Waals surface area contributed by atoms with Crippen molar-refractivity contribution in [3.05, 3.63) is 41.5 Å². The van der Waals surface area contributed by atoms with Crippen LogP contribution in [0.1, 0.15) is 12.5 Å². The first kappa shape index (κ1) is 17.7. The van der Waals surface area contributed by atoms with E-state index in [1.807, 2.05) is 12.1 Å². The standard InChI is InChI=1S/C16H21NO5/c1-12(10-15(19)22-3)16(20)17(8-9-18)11-13-4-6-14(21-2)7-5-13/h4-7,10,18H,8-9,11H2,1-3H3/b12-10-. The summed E-state index contributed by atoms with van der Waals surface area (Å²) in [6.45, 7) is 1.89. The number of benzene rings is 1. The topological polar surface area (TPSA) is 76.1 Å². The van der Waals surface area contributed by atoms with Gasteiger partial charge in [-0.1, -0.05) is 12.1 Å². The van der Waals surface area contributed by atoms with Gasteiger partial charge in [-0.05, 0) is 24.6 Å². The number of amides is 1. The molecule has 0 heterocycles. The van der Waals surface area contributed by atoms with Crippen LogP contribution in [0.3, 0.4) is 0 Å². The van der Waals surface area contributed by atoms with Crippen LogP contribution in [0.5, 0.6) is 5.75 Å². The van der Waals surface area contributed by atoms with E-state index in [-0.39, 0.29) is 24.6 Å². The summed E-state index contributed by atoms with van der Waals surface area (Å²) in [6, 6.07) is 7.29. The number of esters is 1. The smallest absolute Gasteiger partial charge is 0.330 e. The Morgan fingerprint density at radius 1 is 1.23 bits per heavy atom. The lowest BCUT2D eigenvalue weighted by atomic mass is 10.1. The molecule has 1 amide bonds. The Kier molecular flexibility index (Phi) is 7.12. The Bertz CT molecular complexity index is 536. The fraction of sp³-hybridized carbons (Fsp3) is 0.375. The number of nitrogens with zero attached hydrogens (tertiary/aromatic N) is 1. The maximum Gasteiger partial charge on any atom is 0.330 e. The third-order valence-corrected chi connectivity index (χ3v) is 3.06. The average Bonchev–Trinajstić information content (AvgIpc) is 2.54. The summed E-state index contributed by atoms with van der Waals surface area (Å²) in [7, 11) is 2.83. The third kappa shape index (κ3) is 5.21. The lowest BCUT2D eigenvalue weighted by Crippen LogP contribution is -2.33. The van der Waals surface area contributed by atoms with Crippen molar-refractivity contribution in [3.63, 3.8) is 0 Å². The highest BCUT2D eigenvalue weighted by Crippen LogP contribution is 2.14. The van der Waals surface area contributed by atoms with Crippen molar-refractivity contribution < 1.29 is 24.2 Å². The van der Waals surface area contributed by atoms with Gasteiger partial charge in [0.05, 0.1) is 20.8 Å². The van der Waals surface area contributed by atoms with Crippen molar-refractivity contribution in [2.24, 2.45) is 0 Å². The van der Waals surface area contributed by atoms with Crippen LogP contribution in [0, 0.1) is 0 Å². The molecule has 0 spiro atoms. The maximum atomic E-state index is 12.3. The molecule has 6 heteroatoms. The number of carbonyl (C=O) groups is 2. The molecule has 120 valence electrons. The van der Waals surface area contributed by atoms with E-state index >= 15 is 0 Å². The molecule has 1 aromatic rings. The zero-order valence-electron chi connectivity index (χ0n) is 13.0.